The molecule has 27 heavy (non-hydrogen) atoms. The Balaban J connectivity index is 2.45. The largest absolute Gasteiger partial charge is 0.466 e. The Morgan fingerprint density at radius 1 is 0.926 bits per heavy atom. The third-order valence-electron chi connectivity index (χ3n) is 3.79. The molecule has 0 unspecified atom stereocenters. The smallest absolute Gasteiger partial charge is 0.354 e. The number of hydrogen-bond acceptors (Lipinski definition) is 6. The van der Waals surface area contributed by atoms with E-state index in [-0.39, 0.29) is 11.5 Å². The first-order chi connectivity index (χ1) is 12.8. The molecule has 0 bridgehead atoms. The lowest BCUT2D eigenvalue weighted by Crippen LogP contribution is -2.17. The molecule has 2 aromatic rings. The highest BCUT2D eigenvalue weighted by molar-refractivity contribution is 6.13. The van der Waals surface area contributed by atoms with E-state index in [1.54, 1.807) is 36.4 Å². The van der Waals surface area contributed by atoms with Gasteiger partial charge in [0.1, 0.15) is 5.70 Å². The second kappa shape index (κ2) is 8.80. The molecule has 140 valence electrons. The normalized spacial score (nSPS) is 10.9. The zero-order valence-electron chi connectivity index (χ0n) is 15.7. The van der Waals surface area contributed by atoms with Gasteiger partial charge in [0.25, 0.3) is 0 Å². The Labute approximate surface area is 157 Å². The molecule has 0 aliphatic carbocycles. The second-order valence-electron chi connectivity index (χ2n) is 5.95. The van der Waals surface area contributed by atoms with Gasteiger partial charge in [0.2, 0.25) is 0 Å². The molecule has 0 aliphatic heterocycles. The van der Waals surface area contributed by atoms with Gasteiger partial charge in [-0.15, -0.1) is 0 Å². The van der Waals surface area contributed by atoms with Crippen LogP contribution >= 0.6 is 0 Å². The lowest BCUT2D eigenvalue weighted by atomic mass is 9.98. The Morgan fingerprint density at radius 3 is 2.15 bits per heavy atom. The third kappa shape index (κ3) is 5.04. The van der Waals surface area contributed by atoms with E-state index in [9.17, 15) is 14.4 Å². The van der Waals surface area contributed by atoms with E-state index < -0.39 is 11.9 Å². The Morgan fingerprint density at radius 2 is 1.56 bits per heavy atom. The van der Waals surface area contributed by atoms with Crippen molar-refractivity contribution in [3.05, 3.63) is 76.5 Å². The fourth-order valence-corrected chi connectivity index (χ4v) is 2.63. The summed E-state index contributed by atoms with van der Waals surface area (Å²) < 4.78 is 9.24. The molecule has 1 N–H and O–H groups in total. The molecule has 0 heterocycles. The van der Waals surface area contributed by atoms with Crippen molar-refractivity contribution >= 4 is 23.4 Å². The monoisotopic (exact) mass is 367 g/mol. The Bertz CT molecular complexity index is 894. The number of methoxy groups -OCH3 is 2. The van der Waals surface area contributed by atoms with Crippen LogP contribution in [0.1, 0.15) is 27.0 Å². The lowest BCUT2D eigenvalue weighted by Gasteiger charge is -2.13. The molecular formula is C21H21NO5. The van der Waals surface area contributed by atoms with Crippen molar-refractivity contribution in [3.8, 4) is 0 Å². The highest BCUT2D eigenvalue weighted by Crippen LogP contribution is 2.22. The topological polar surface area (TPSA) is 81.7 Å². The maximum Gasteiger partial charge on any atom is 0.354 e. The molecule has 0 atom stereocenters. The van der Waals surface area contributed by atoms with Crippen molar-refractivity contribution in [2.45, 2.75) is 13.8 Å². The summed E-state index contributed by atoms with van der Waals surface area (Å²) in [5.74, 6) is -1.68. The summed E-state index contributed by atoms with van der Waals surface area (Å²) in [4.78, 5) is 36.5. The Hall–Kier alpha value is -3.41. The standard InChI is InChI=1S/C21H21NO5/c1-13-9-14(2)11-15(10-13)20(24)16-7-5-6-8-17(16)22-18(21(25)27-4)12-19(23)26-3/h5-12,22H,1-4H3/b18-12+. The maximum atomic E-state index is 13.0. The van der Waals surface area contributed by atoms with Gasteiger partial charge in [-0.25, -0.2) is 9.59 Å². The summed E-state index contributed by atoms with van der Waals surface area (Å²) >= 11 is 0. The van der Waals surface area contributed by atoms with Crippen LogP contribution in [0.5, 0.6) is 0 Å². The summed E-state index contributed by atoms with van der Waals surface area (Å²) in [5, 5.41) is 2.81. The van der Waals surface area contributed by atoms with E-state index in [4.69, 9.17) is 0 Å². The summed E-state index contributed by atoms with van der Waals surface area (Å²) in [6.07, 6.45) is 0.976. The number of ether oxygens (including phenoxy) is 2. The van der Waals surface area contributed by atoms with E-state index >= 15 is 0 Å². The molecule has 0 amide bonds. The number of aryl methyl sites for hydroxylation is 2. The van der Waals surface area contributed by atoms with Crippen molar-refractivity contribution in [3.63, 3.8) is 0 Å². The van der Waals surface area contributed by atoms with Crippen molar-refractivity contribution in [2.24, 2.45) is 0 Å². The van der Waals surface area contributed by atoms with Gasteiger partial charge < -0.3 is 14.8 Å². The van der Waals surface area contributed by atoms with Crippen molar-refractivity contribution in [1.29, 1.82) is 0 Å². The average molecular weight is 367 g/mol. The van der Waals surface area contributed by atoms with E-state index in [1.807, 2.05) is 19.9 Å². The number of esters is 2. The van der Waals surface area contributed by atoms with E-state index in [0.717, 1.165) is 17.2 Å². The first-order valence-electron chi connectivity index (χ1n) is 8.22. The number of para-hydroxylation sites is 1. The lowest BCUT2D eigenvalue weighted by molar-refractivity contribution is -0.138. The number of carbonyl (C=O) groups is 3. The van der Waals surface area contributed by atoms with Crippen LogP contribution in [-0.4, -0.2) is 31.9 Å². The van der Waals surface area contributed by atoms with E-state index in [2.05, 4.69) is 14.8 Å². The van der Waals surface area contributed by atoms with Crippen LogP contribution in [0.15, 0.2) is 54.2 Å². The SMILES string of the molecule is COC(=O)/C=C(/Nc1ccccc1C(=O)c1cc(C)cc(C)c1)C(=O)OC. The number of anilines is 1. The minimum absolute atomic E-state index is 0.134. The minimum atomic E-state index is -0.756. The molecule has 0 radical (unpaired) electrons. The van der Waals surface area contributed by atoms with Gasteiger partial charge in [-0.2, -0.15) is 0 Å². The molecular weight excluding hydrogens is 346 g/mol. The minimum Gasteiger partial charge on any atom is -0.466 e. The highest BCUT2D eigenvalue weighted by atomic mass is 16.5. The number of hydrogen-bond donors (Lipinski definition) is 1. The van der Waals surface area contributed by atoms with Crippen molar-refractivity contribution in [1.82, 2.24) is 0 Å². The van der Waals surface area contributed by atoms with Crippen LogP contribution in [0, 0.1) is 13.8 Å². The maximum absolute atomic E-state index is 13.0. The zero-order chi connectivity index (χ0) is 20.0. The molecule has 2 aromatic carbocycles. The number of carbonyl (C=O) groups excluding carboxylic acids is 3. The van der Waals surface area contributed by atoms with Gasteiger partial charge in [-0.3, -0.25) is 4.79 Å². The fourth-order valence-electron chi connectivity index (χ4n) is 2.63. The number of nitrogens with one attached hydrogen (secondary N) is 1. The predicted molar refractivity (Wildman–Crippen MR) is 102 cm³/mol. The molecule has 0 aliphatic rings. The van der Waals surface area contributed by atoms with Crippen LogP contribution in [0.4, 0.5) is 5.69 Å². The van der Waals surface area contributed by atoms with E-state index in [0.29, 0.717) is 16.8 Å². The quantitative estimate of drug-likeness (QED) is 0.480. The summed E-state index contributed by atoms with van der Waals surface area (Å²) in [7, 11) is 2.40. The predicted octanol–water partition coefficient (Wildman–Crippen LogP) is 3.18. The number of benzene rings is 2. The molecule has 6 heteroatoms. The van der Waals surface area contributed by atoms with Crippen LogP contribution in [0.25, 0.3) is 0 Å². The summed E-state index contributed by atoms with van der Waals surface area (Å²) in [6, 6.07) is 12.3. The van der Waals surface area contributed by atoms with Crippen LogP contribution in [-0.2, 0) is 19.1 Å². The highest BCUT2D eigenvalue weighted by Gasteiger charge is 2.18. The number of ketones is 1. The molecule has 6 nitrogen and oxygen atoms in total. The molecule has 2 rings (SSSR count). The van der Waals surface area contributed by atoms with Crippen molar-refractivity contribution in [2.75, 3.05) is 19.5 Å². The average Bonchev–Trinajstić information content (AvgIpc) is 2.65. The Kier molecular flexibility index (Phi) is 6.49. The second-order valence-corrected chi connectivity index (χ2v) is 5.95. The van der Waals surface area contributed by atoms with Gasteiger partial charge in [0.05, 0.1) is 20.3 Å². The van der Waals surface area contributed by atoms with Crippen LogP contribution in [0.2, 0.25) is 0 Å². The third-order valence-corrected chi connectivity index (χ3v) is 3.79. The molecule has 0 spiro atoms. The van der Waals surface area contributed by atoms with Crippen LogP contribution in [0.3, 0.4) is 0 Å². The first kappa shape index (κ1) is 19.9. The number of rotatable bonds is 6. The molecule has 0 saturated carbocycles. The van der Waals surface area contributed by atoms with Gasteiger partial charge in [0, 0.05) is 16.8 Å². The molecule has 0 fully saturated rings. The summed E-state index contributed by atoms with van der Waals surface area (Å²) in [6.45, 7) is 3.84. The van der Waals surface area contributed by atoms with Gasteiger partial charge >= 0.3 is 11.9 Å². The van der Waals surface area contributed by atoms with E-state index in [1.165, 1.54) is 14.2 Å². The van der Waals surface area contributed by atoms with Gasteiger partial charge in [0.15, 0.2) is 5.78 Å². The molecule has 0 aromatic heterocycles. The molecule has 0 saturated heterocycles. The van der Waals surface area contributed by atoms with Gasteiger partial charge in [-0.1, -0.05) is 29.3 Å². The zero-order valence-corrected chi connectivity index (χ0v) is 15.7. The fraction of sp³-hybridized carbons (Fsp3) is 0.190. The first-order valence-corrected chi connectivity index (χ1v) is 8.22. The van der Waals surface area contributed by atoms with Crippen molar-refractivity contribution < 1.29 is 23.9 Å². The van der Waals surface area contributed by atoms with Gasteiger partial charge in [-0.05, 0) is 38.1 Å². The van der Waals surface area contributed by atoms with Crippen LogP contribution < -0.4 is 5.32 Å². The summed E-state index contributed by atoms with van der Waals surface area (Å²) in [5.41, 5.74) is 3.10.